The van der Waals surface area contributed by atoms with Crippen molar-refractivity contribution in [2.45, 2.75) is 6.42 Å². The van der Waals surface area contributed by atoms with Crippen LogP contribution in [0.15, 0.2) is 36.4 Å². The van der Waals surface area contributed by atoms with Crippen LogP contribution >= 0.6 is 0 Å². The van der Waals surface area contributed by atoms with Crippen molar-refractivity contribution in [3.8, 4) is 6.07 Å². The van der Waals surface area contributed by atoms with Gasteiger partial charge in [0.15, 0.2) is 0 Å². The lowest BCUT2D eigenvalue weighted by atomic mass is 9.99. The first-order valence-electron chi connectivity index (χ1n) is 5.64. The molecule has 2 rings (SSSR count). The summed E-state index contributed by atoms with van der Waals surface area (Å²) >= 11 is 0. The van der Waals surface area contributed by atoms with E-state index in [1.165, 1.54) is 24.3 Å². The third-order valence-electron chi connectivity index (χ3n) is 2.86. The van der Waals surface area contributed by atoms with Crippen LogP contribution in [0.3, 0.4) is 0 Å². The molecule has 0 aliphatic heterocycles. The topological polar surface area (TPSA) is 66.9 Å². The Labute approximate surface area is 113 Å². The van der Waals surface area contributed by atoms with E-state index in [1.807, 2.05) is 6.07 Å². The molecule has 0 heterocycles. The van der Waals surface area contributed by atoms with E-state index in [2.05, 4.69) is 0 Å². The van der Waals surface area contributed by atoms with Crippen molar-refractivity contribution >= 4 is 5.69 Å². The van der Waals surface area contributed by atoms with Gasteiger partial charge in [0.1, 0.15) is 5.82 Å². The van der Waals surface area contributed by atoms with E-state index in [0.29, 0.717) is 0 Å². The van der Waals surface area contributed by atoms with Gasteiger partial charge in [0.25, 0.3) is 0 Å². The molecule has 2 aromatic carbocycles. The van der Waals surface area contributed by atoms with Crippen LogP contribution in [-0.2, 0) is 6.42 Å². The van der Waals surface area contributed by atoms with Crippen LogP contribution in [0, 0.1) is 33.1 Å². The van der Waals surface area contributed by atoms with E-state index in [0.717, 1.165) is 12.1 Å². The Kier molecular flexibility index (Phi) is 3.71. The zero-order valence-corrected chi connectivity index (χ0v) is 10.1. The minimum atomic E-state index is -1.01. The lowest BCUT2D eigenvalue weighted by Crippen LogP contribution is -2.01. The third kappa shape index (κ3) is 2.47. The van der Waals surface area contributed by atoms with Crippen molar-refractivity contribution in [2.24, 2.45) is 0 Å². The smallest absolute Gasteiger partial charge is 0.258 e. The normalized spacial score (nSPS) is 10.1. The van der Waals surface area contributed by atoms with E-state index in [1.54, 1.807) is 0 Å². The number of hydrogen-bond donors (Lipinski definition) is 0. The molecule has 0 atom stereocenters. The van der Waals surface area contributed by atoms with Gasteiger partial charge in [0, 0.05) is 18.1 Å². The first-order chi connectivity index (χ1) is 9.54. The number of nitrogens with zero attached hydrogens (tertiary/aromatic N) is 2. The summed E-state index contributed by atoms with van der Waals surface area (Å²) in [7, 11) is 0. The Morgan fingerprint density at radius 3 is 2.55 bits per heavy atom. The van der Waals surface area contributed by atoms with Crippen molar-refractivity contribution in [2.75, 3.05) is 0 Å². The molecule has 0 unspecified atom stereocenters. The minimum Gasteiger partial charge on any atom is -0.258 e. The molecule has 0 saturated carbocycles. The van der Waals surface area contributed by atoms with Crippen molar-refractivity contribution in [3.63, 3.8) is 0 Å². The van der Waals surface area contributed by atoms with Gasteiger partial charge in [-0.2, -0.15) is 9.65 Å². The van der Waals surface area contributed by atoms with Crippen LogP contribution in [-0.4, -0.2) is 4.92 Å². The molecular weight excluding hydrogens is 266 g/mol. The number of nitro groups is 1. The van der Waals surface area contributed by atoms with Gasteiger partial charge in [-0.1, -0.05) is 18.2 Å². The molecule has 0 spiro atoms. The summed E-state index contributed by atoms with van der Waals surface area (Å²) in [5, 5.41) is 19.6. The van der Waals surface area contributed by atoms with Crippen LogP contribution < -0.4 is 0 Å². The molecule has 0 aliphatic rings. The van der Waals surface area contributed by atoms with Gasteiger partial charge in [-0.3, -0.25) is 10.1 Å². The first kappa shape index (κ1) is 13.6. The number of halogens is 2. The van der Waals surface area contributed by atoms with E-state index in [-0.39, 0.29) is 23.1 Å². The highest BCUT2D eigenvalue weighted by atomic mass is 19.1. The molecule has 2 aromatic rings. The van der Waals surface area contributed by atoms with E-state index < -0.39 is 22.2 Å². The molecule has 0 N–H and O–H groups in total. The molecule has 0 aliphatic carbocycles. The molecule has 20 heavy (non-hydrogen) atoms. The lowest BCUT2D eigenvalue weighted by molar-refractivity contribution is -0.387. The average Bonchev–Trinajstić information content (AvgIpc) is 2.42. The molecule has 100 valence electrons. The summed E-state index contributed by atoms with van der Waals surface area (Å²) in [5.41, 5.74) is -0.594. The van der Waals surface area contributed by atoms with Crippen LogP contribution in [0.25, 0.3) is 0 Å². The van der Waals surface area contributed by atoms with Gasteiger partial charge in [0.2, 0.25) is 5.82 Å². The Balaban J connectivity index is 2.49. The highest BCUT2D eigenvalue weighted by Crippen LogP contribution is 2.24. The summed E-state index contributed by atoms with van der Waals surface area (Å²) in [4.78, 5) is 9.81. The number of nitro benzene ring substituents is 1. The van der Waals surface area contributed by atoms with Crippen molar-refractivity contribution in [1.82, 2.24) is 0 Å². The fourth-order valence-corrected chi connectivity index (χ4v) is 1.88. The summed E-state index contributed by atoms with van der Waals surface area (Å²) in [6.45, 7) is 0. The predicted octanol–water partition coefficient (Wildman–Crippen LogP) is 3.34. The zero-order valence-electron chi connectivity index (χ0n) is 10.1. The first-order valence-corrected chi connectivity index (χ1v) is 5.64. The van der Waals surface area contributed by atoms with Gasteiger partial charge in [-0.15, -0.1) is 0 Å². The molecule has 0 aromatic heterocycles. The maximum absolute atomic E-state index is 13.9. The summed E-state index contributed by atoms with van der Waals surface area (Å²) in [6.07, 6.45) is -0.219. The quantitative estimate of drug-likeness (QED) is 0.636. The fraction of sp³-hybridized carbons (Fsp3) is 0.0714. The monoisotopic (exact) mass is 274 g/mol. The van der Waals surface area contributed by atoms with Crippen LogP contribution in [0.1, 0.15) is 16.7 Å². The maximum atomic E-state index is 13.9. The van der Waals surface area contributed by atoms with E-state index >= 15 is 0 Å². The SMILES string of the molecule is N#Cc1cccc(F)c1Cc1cccc([N+](=O)[O-])c1F. The van der Waals surface area contributed by atoms with Gasteiger partial charge in [-0.05, 0) is 17.7 Å². The van der Waals surface area contributed by atoms with E-state index in [4.69, 9.17) is 5.26 Å². The molecular formula is C14H8F2N2O2. The molecule has 0 fully saturated rings. The molecule has 0 radical (unpaired) electrons. The zero-order chi connectivity index (χ0) is 14.7. The number of rotatable bonds is 3. The van der Waals surface area contributed by atoms with Crippen LogP contribution in [0.5, 0.6) is 0 Å². The number of hydrogen-bond acceptors (Lipinski definition) is 3. The maximum Gasteiger partial charge on any atom is 0.305 e. The standard InChI is InChI=1S/C14H8F2N2O2/c15-12-5-1-4-10(8-17)11(12)7-9-3-2-6-13(14(9)16)18(19)20/h1-6H,7H2. The third-order valence-corrected chi connectivity index (χ3v) is 2.86. The molecule has 0 amide bonds. The van der Waals surface area contributed by atoms with Crippen LogP contribution in [0.4, 0.5) is 14.5 Å². The van der Waals surface area contributed by atoms with Crippen molar-refractivity contribution in [3.05, 3.63) is 74.8 Å². The average molecular weight is 274 g/mol. The van der Waals surface area contributed by atoms with Crippen molar-refractivity contribution < 1.29 is 13.7 Å². The Bertz CT molecular complexity index is 724. The Morgan fingerprint density at radius 1 is 1.20 bits per heavy atom. The van der Waals surface area contributed by atoms with Gasteiger partial charge in [-0.25, -0.2) is 4.39 Å². The molecule has 0 saturated heterocycles. The van der Waals surface area contributed by atoms with Gasteiger partial charge >= 0.3 is 5.69 Å². The highest BCUT2D eigenvalue weighted by molar-refractivity contribution is 5.44. The molecule has 4 nitrogen and oxygen atoms in total. The summed E-state index contributed by atoms with van der Waals surface area (Å²) < 4.78 is 27.6. The van der Waals surface area contributed by atoms with Crippen molar-refractivity contribution in [1.29, 1.82) is 5.26 Å². The second kappa shape index (κ2) is 5.45. The number of benzene rings is 2. The van der Waals surface area contributed by atoms with Crippen LogP contribution in [0.2, 0.25) is 0 Å². The lowest BCUT2D eigenvalue weighted by Gasteiger charge is -2.07. The van der Waals surface area contributed by atoms with Gasteiger partial charge in [0.05, 0.1) is 16.6 Å². The van der Waals surface area contributed by atoms with Gasteiger partial charge < -0.3 is 0 Å². The highest BCUT2D eigenvalue weighted by Gasteiger charge is 2.19. The largest absolute Gasteiger partial charge is 0.305 e. The molecule has 6 heteroatoms. The minimum absolute atomic E-state index is 0.0226. The summed E-state index contributed by atoms with van der Waals surface area (Å²) in [6, 6.07) is 9.45. The Morgan fingerprint density at radius 2 is 1.90 bits per heavy atom. The second-order valence-corrected chi connectivity index (χ2v) is 4.06. The van der Waals surface area contributed by atoms with E-state index in [9.17, 15) is 18.9 Å². The number of nitriles is 1. The predicted molar refractivity (Wildman–Crippen MR) is 67.0 cm³/mol. The molecule has 0 bridgehead atoms. The Hall–Kier alpha value is -2.81. The second-order valence-electron chi connectivity index (χ2n) is 4.06. The summed E-state index contributed by atoms with van der Waals surface area (Å²) in [5.74, 6) is -1.65. The fourth-order valence-electron chi connectivity index (χ4n) is 1.88.